The quantitative estimate of drug-likeness (QED) is 0.696. The lowest BCUT2D eigenvalue weighted by Gasteiger charge is -2.27. The van der Waals surface area contributed by atoms with Gasteiger partial charge in [0.05, 0.1) is 11.6 Å². The van der Waals surface area contributed by atoms with Crippen LogP contribution in [0.1, 0.15) is 44.1 Å². The third-order valence-electron chi connectivity index (χ3n) is 3.23. The first kappa shape index (κ1) is 10.3. The topological polar surface area (TPSA) is 25.2 Å². The molecule has 2 heteroatoms. The van der Waals surface area contributed by atoms with Gasteiger partial charge in [0.25, 0.3) is 0 Å². The number of hydrogen-bond acceptors (Lipinski definition) is 1. The molecule has 1 aromatic rings. The van der Waals surface area contributed by atoms with E-state index in [0.29, 0.717) is 0 Å². The second-order valence-corrected chi connectivity index (χ2v) is 4.70. The van der Waals surface area contributed by atoms with Gasteiger partial charge in [0, 0.05) is 17.5 Å². The smallest absolute Gasteiger partial charge is 0.0992 e. The molecular formula is C13H17NO. The normalized spacial score (nSPS) is 20.8. The molecule has 2 nitrogen and oxygen atoms in total. The molecular weight excluding hydrogens is 186 g/mol. The number of aliphatic hydroxyl groups excluding tert-OH is 1. The van der Waals surface area contributed by atoms with Gasteiger partial charge in [0.15, 0.2) is 0 Å². The molecule has 0 saturated carbocycles. The van der Waals surface area contributed by atoms with Crippen LogP contribution in [0.4, 0.5) is 0 Å². The first-order valence-electron chi connectivity index (χ1n) is 5.42. The van der Waals surface area contributed by atoms with Gasteiger partial charge in [0.2, 0.25) is 0 Å². The largest absolute Gasteiger partial charge is 0.388 e. The Bertz CT molecular complexity index is 409. The SMILES string of the molecule is C#CC(C)(C)n1ccc2c1CCCC2O. The Labute approximate surface area is 90.9 Å². The summed E-state index contributed by atoms with van der Waals surface area (Å²) in [6, 6.07) is 2.00. The van der Waals surface area contributed by atoms with Crippen LogP contribution in [-0.4, -0.2) is 9.67 Å². The molecule has 0 amide bonds. The molecule has 0 bridgehead atoms. The van der Waals surface area contributed by atoms with E-state index in [1.807, 2.05) is 26.1 Å². The van der Waals surface area contributed by atoms with E-state index in [-0.39, 0.29) is 11.6 Å². The van der Waals surface area contributed by atoms with E-state index >= 15 is 0 Å². The maximum Gasteiger partial charge on any atom is 0.0992 e. The molecule has 0 aliphatic heterocycles. The predicted octanol–water partition coefficient (Wildman–Crippen LogP) is 2.23. The van der Waals surface area contributed by atoms with Gasteiger partial charge in [-0.15, -0.1) is 6.42 Å². The molecule has 0 fully saturated rings. The van der Waals surface area contributed by atoms with Gasteiger partial charge in [-0.2, -0.15) is 0 Å². The van der Waals surface area contributed by atoms with Crippen molar-refractivity contribution in [2.45, 2.75) is 44.8 Å². The lowest BCUT2D eigenvalue weighted by Crippen LogP contribution is -2.26. The van der Waals surface area contributed by atoms with E-state index in [2.05, 4.69) is 10.5 Å². The summed E-state index contributed by atoms with van der Waals surface area (Å²) in [5.74, 6) is 2.79. The summed E-state index contributed by atoms with van der Waals surface area (Å²) in [6.07, 6.45) is 10.2. The third-order valence-corrected chi connectivity index (χ3v) is 3.23. The number of terminal acetylenes is 1. The average molecular weight is 203 g/mol. The van der Waals surface area contributed by atoms with Crippen LogP contribution in [0.3, 0.4) is 0 Å². The minimum absolute atomic E-state index is 0.301. The summed E-state index contributed by atoms with van der Waals surface area (Å²) in [6.45, 7) is 4.04. The first-order valence-corrected chi connectivity index (χ1v) is 5.42. The Morgan fingerprint density at radius 2 is 2.33 bits per heavy atom. The Kier molecular flexibility index (Phi) is 2.36. The van der Waals surface area contributed by atoms with Gasteiger partial charge < -0.3 is 9.67 Å². The maximum atomic E-state index is 9.85. The zero-order chi connectivity index (χ0) is 11.1. The second-order valence-electron chi connectivity index (χ2n) is 4.70. The van der Waals surface area contributed by atoms with Gasteiger partial charge in [-0.1, -0.05) is 5.92 Å². The van der Waals surface area contributed by atoms with Gasteiger partial charge in [-0.3, -0.25) is 0 Å². The molecule has 0 radical (unpaired) electrons. The van der Waals surface area contributed by atoms with Crippen molar-refractivity contribution in [1.29, 1.82) is 0 Å². The lowest BCUT2D eigenvalue weighted by atomic mass is 9.94. The Morgan fingerprint density at radius 1 is 1.60 bits per heavy atom. The van der Waals surface area contributed by atoms with Crippen molar-refractivity contribution in [2.24, 2.45) is 0 Å². The van der Waals surface area contributed by atoms with Gasteiger partial charge in [0.1, 0.15) is 0 Å². The lowest BCUT2D eigenvalue weighted by molar-refractivity contribution is 0.155. The molecule has 80 valence electrons. The van der Waals surface area contributed by atoms with Crippen molar-refractivity contribution in [3.05, 3.63) is 23.5 Å². The summed E-state index contributed by atoms with van der Waals surface area (Å²) >= 11 is 0. The van der Waals surface area contributed by atoms with Gasteiger partial charge in [-0.05, 0) is 39.2 Å². The maximum absolute atomic E-state index is 9.85. The summed E-state index contributed by atoms with van der Waals surface area (Å²) < 4.78 is 2.12. The highest BCUT2D eigenvalue weighted by molar-refractivity contribution is 5.30. The van der Waals surface area contributed by atoms with Crippen LogP contribution in [0.5, 0.6) is 0 Å². The van der Waals surface area contributed by atoms with E-state index < -0.39 is 0 Å². The molecule has 1 aliphatic carbocycles. The summed E-state index contributed by atoms with van der Waals surface area (Å²) in [5, 5.41) is 9.85. The van der Waals surface area contributed by atoms with Crippen LogP contribution in [0, 0.1) is 12.3 Å². The average Bonchev–Trinajstić information content (AvgIpc) is 2.63. The fourth-order valence-corrected chi connectivity index (χ4v) is 2.26. The minimum Gasteiger partial charge on any atom is -0.388 e. The van der Waals surface area contributed by atoms with Crippen LogP contribution < -0.4 is 0 Å². The Balaban J connectivity index is 2.49. The highest BCUT2D eigenvalue weighted by Gasteiger charge is 2.26. The van der Waals surface area contributed by atoms with Crippen molar-refractivity contribution in [2.75, 3.05) is 0 Å². The zero-order valence-electron chi connectivity index (χ0n) is 9.33. The molecule has 1 atom stereocenters. The number of rotatable bonds is 1. The van der Waals surface area contributed by atoms with Gasteiger partial charge >= 0.3 is 0 Å². The number of aliphatic hydroxyl groups is 1. The molecule has 1 aliphatic rings. The molecule has 0 spiro atoms. The molecule has 15 heavy (non-hydrogen) atoms. The number of aromatic nitrogens is 1. The van der Waals surface area contributed by atoms with Crippen LogP contribution in [-0.2, 0) is 12.0 Å². The molecule has 1 unspecified atom stereocenters. The number of nitrogens with zero attached hydrogens (tertiary/aromatic N) is 1. The van der Waals surface area contributed by atoms with Crippen LogP contribution >= 0.6 is 0 Å². The van der Waals surface area contributed by atoms with Crippen molar-refractivity contribution < 1.29 is 5.11 Å². The fraction of sp³-hybridized carbons (Fsp3) is 0.538. The predicted molar refractivity (Wildman–Crippen MR) is 60.5 cm³/mol. The monoisotopic (exact) mass is 203 g/mol. The van der Waals surface area contributed by atoms with E-state index in [1.165, 1.54) is 5.69 Å². The van der Waals surface area contributed by atoms with Crippen LogP contribution in [0.15, 0.2) is 12.3 Å². The first-order chi connectivity index (χ1) is 7.06. The van der Waals surface area contributed by atoms with E-state index in [1.54, 1.807) is 0 Å². The van der Waals surface area contributed by atoms with Crippen LogP contribution in [0.25, 0.3) is 0 Å². The summed E-state index contributed by atoms with van der Waals surface area (Å²) in [7, 11) is 0. The second kappa shape index (κ2) is 3.43. The molecule has 0 aromatic carbocycles. The molecule has 0 saturated heterocycles. The molecule has 1 heterocycles. The minimum atomic E-state index is -0.302. The molecule has 1 aromatic heterocycles. The number of fused-ring (bicyclic) bond motifs is 1. The summed E-state index contributed by atoms with van der Waals surface area (Å²) in [4.78, 5) is 0. The molecule has 2 rings (SSSR count). The zero-order valence-corrected chi connectivity index (χ0v) is 9.33. The summed E-state index contributed by atoms with van der Waals surface area (Å²) in [5.41, 5.74) is 1.96. The van der Waals surface area contributed by atoms with Gasteiger partial charge in [-0.25, -0.2) is 0 Å². The number of hydrogen-bond donors (Lipinski definition) is 1. The van der Waals surface area contributed by atoms with Crippen molar-refractivity contribution in [3.8, 4) is 12.3 Å². The van der Waals surface area contributed by atoms with E-state index in [4.69, 9.17) is 6.42 Å². The Morgan fingerprint density at radius 3 is 3.00 bits per heavy atom. The van der Waals surface area contributed by atoms with E-state index in [9.17, 15) is 5.11 Å². The standard InChI is InChI=1S/C13H17NO/c1-4-13(2,3)14-9-8-10-11(14)6-5-7-12(10)15/h1,8-9,12,15H,5-7H2,2-3H3. The Hall–Kier alpha value is -1.20. The van der Waals surface area contributed by atoms with E-state index in [0.717, 1.165) is 24.8 Å². The van der Waals surface area contributed by atoms with Crippen molar-refractivity contribution in [1.82, 2.24) is 4.57 Å². The molecule has 1 N–H and O–H groups in total. The fourth-order valence-electron chi connectivity index (χ4n) is 2.26. The van der Waals surface area contributed by atoms with Crippen molar-refractivity contribution in [3.63, 3.8) is 0 Å². The van der Waals surface area contributed by atoms with Crippen LogP contribution in [0.2, 0.25) is 0 Å². The highest BCUT2D eigenvalue weighted by Crippen LogP contribution is 2.33. The third kappa shape index (κ3) is 1.57. The van der Waals surface area contributed by atoms with Crippen molar-refractivity contribution >= 4 is 0 Å². The highest BCUT2D eigenvalue weighted by atomic mass is 16.3.